The van der Waals surface area contributed by atoms with E-state index in [4.69, 9.17) is 10.5 Å². The van der Waals surface area contributed by atoms with Crippen LogP contribution in [0.1, 0.15) is 5.56 Å². The molecule has 2 aromatic rings. The molecule has 2 nitrogen and oxygen atoms in total. The minimum Gasteiger partial charge on any atom is -0.493 e. The Morgan fingerprint density at radius 1 is 1.00 bits per heavy atom. The van der Waals surface area contributed by atoms with E-state index in [1.165, 1.54) is 4.90 Å². The lowest BCUT2D eigenvalue weighted by atomic mass is 10.2. The van der Waals surface area contributed by atoms with Crippen LogP contribution in [-0.4, -0.2) is 12.4 Å². The maximum Gasteiger partial charge on any atom is 0.119 e. The van der Waals surface area contributed by atoms with Gasteiger partial charge >= 0.3 is 0 Å². The molecule has 0 amide bonds. The number of nitrogens with two attached hydrogens (primary N) is 1. The summed E-state index contributed by atoms with van der Waals surface area (Å²) in [4.78, 5) is 1.25. The highest BCUT2D eigenvalue weighted by Gasteiger charge is 1.97. The van der Waals surface area contributed by atoms with E-state index in [-0.39, 0.29) is 0 Å². The summed E-state index contributed by atoms with van der Waals surface area (Å²) >= 11 is 5.19. The van der Waals surface area contributed by atoms with Crippen molar-refractivity contribution in [1.82, 2.24) is 0 Å². The van der Waals surface area contributed by atoms with Gasteiger partial charge in [0, 0.05) is 21.7 Å². The minimum atomic E-state index is 0.595. The number of rotatable bonds is 6. The van der Waals surface area contributed by atoms with Crippen LogP contribution in [0.15, 0.2) is 57.9 Å². The average Bonchev–Trinajstić information content (AvgIpc) is 2.46. The van der Waals surface area contributed by atoms with Crippen LogP contribution in [0.25, 0.3) is 0 Å². The third-order valence-corrected chi connectivity index (χ3v) is 4.10. The molecule has 2 aromatic carbocycles. The summed E-state index contributed by atoms with van der Waals surface area (Å²) in [6, 6.07) is 16.2. The molecule has 0 aliphatic carbocycles. The molecule has 0 aromatic heterocycles. The molecular formula is C15H16BrNOS. The first-order valence-corrected chi connectivity index (χ1v) is 7.86. The lowest BCUT2D eigenvalue weighted by molar-refractivity contribution is 0.344. The van der Waals surface area contributed by atoms with Gasteiger partial charge in [-0.25, -0.2) is 0 Å². The van der Waals surface area contributed by atoms with Crippen molar-refractivity contribution in [1.29, 1.82) is 0 Å². The van der Waals surface area contributed by atoms with Crippen LogP contribution in [0.3, 0.4) is 0 Å². The lowest BCUT2D eigenvalue weighted by Gasteiger charge is -2.06. The van der Waals surface area contributed by atoms with Gasteiger partial charge in [-0.2, -0.15) is 0 Å². The highest BCUT2D eigenvalue weighted by atomic mass is 79.9. The number of hydrogen-bond donors (Lipinski definition) is 1. The third kappa shape index (κ3) is 4.90. The van der Waals surface area contributed by atoms with Crippen LogP contribution in [0.5, 0.6) is 5.75 Å². The molecule has 0 fully saturated rings. The van der Waals surface area contributed by atoms with Gasteiger partial charge in [0.25, 0.3) is 0 Å². The van der Waals surface area contributed by atoms with E-state index in [1.54, 1.807) is 11.8 Å². The molecule has 2 N–H and O–H groups in total. The Morgan fingerprint density at radius 3 is 2.32 bits per heavy atom. The molecule has 0 saturated heterocycles. The molecule has 100 valence electrons. The first-order chi connectivity index (χ1) is 9.28. The highest BCUT2D eigenvalue weighted by molar-refractivity contribution is 9.10. The average molecular weight is 338 g/mol. The number of halogens is 1. The van der Waals surface area contributed by atoms with E-state index in [0.29, 0.717) is 13.2 Å². The molecule has 4 heteroatoms. The van der Waals surface area contributed by atoms with E-state index in [9.17, 15) is 0 Å². The van der Waals surface area contributed by atoms with Crippen molar-refractivity contribution in [2.75, 3.05) is 12.4 Å². The summed E-state index contributed by atoms with van der Waals surface area (Å²) in [6.07, 6.45) is 0. The van der Waals surface area contributed by atoms with Crippen molar-refractivity contribution in [2.45, 2.75) is 11.4 Å². The number of thioether (sulfide) groups is 1. The molecule has 0 aliphatic heterocycles. The molecule has 2 rings (SSSR count). The van der Waals surface area contributed by atoms with Gasteiger partial charge in [0.05, 0.1) is 6.61 Å². The second-order valence-corrected chi connectivity index (χ2v) is 6.08. The summed E-state index contributed by atoms with van der Waals surface area (Å²) in [6.45, 7) is 1.29. The van der Waals surface area contributed by atoms with Gasteiger partial charge < -0.3 is 10.5 Å². The topological polar surface area (TPSA) is 35.2 Å². The fourth-order valence-corrected chi connectivity index (χ4v) is 2.57. The van der Waals surface area contributed by atoms with E-state index >= 15 is 0 Å². The second kappa shape index (κ2) is 7.58. The predicted molar refractivity (Wildman–Crippen MR) is 84.7 cm³/mol. The Balaban J connectivity index is 1.72. The van der Waals surface area contributed by atoms with Crippen LogP contribution in [0.4, 0.5) is 0 Å². The van der Waals surface area contributed by atoms with Crippen LogP contribution < -0.4 is 10.5 Å². The van der Waals surface area contributed by atoms with Gasteiger partial charge in [0.2, 0.25) is 0 Å². The van der Waals surface area contributed by atoms with E-state index < -0.39 is 0 Å². The van der Waals surface area contributed by atoms with E-state index in [2.05, 4.69) is 40.2 Å². The minimum absolute atomic E-state index is 0.595. The molecular weight excluding hydrogens is 322 g/mol. The molecule has 0 saturated carbocycles. The number of benzene rings is 2. The molecule has 0 bridgehead atoms. The van der Waals surface area contributed by atoms with Crippen molar-refractivity contribution in [3.63, 3.8) is 0 Å². The van der Waals surface area contributed by atoms with Crippen molar-refractivity contribution in [3.8, 4) is 5.75 Å². The zero-order valence-electron chi connectivity index (χ0n) is 10.5. The summed E-state index contributed by atoms with van der Waals surface area (Å²) in [5.74, 6) is 1.83. The zero-order valence-corrected chi connectivity index (χ0v) is 12.9. The Labute approximate surface area is 126 Å². The molecule has 0 unspecified atom stereocenters. The molecule has 19 heavy (non-hydrogen) atoms. The summed E-state index contributed by atoms with van der Waals surface area (Å²) in [5.41, 5.74) is 6.73. The monoisotopic (exact) mass is 337 g/mol. The van der Waals surface area contributed by atoms with Crippen LogP contribution in [0.2, 0.25) is 0 Å². The largest absolute Gasteiger partial charge is 0.493 e. The maximum absolute atomic E-state index is 5.67. The van der Waals surface area contributed by atoms with Gasteiger partial charge in [-0.05, 0) is 42.0 Å². The van der Waals surface area contributed by atoms with Crippen LogP contribution in [0, 0.1) is 0 Å². The van der Waals surface area contributed by atoms with Crippen molar-refractivity contribution >= 4 is 27.7 Å². The normalized spacial score (nSPS) is 10.4. The SMILES string of the molecule is NCc1ccc(SCCOc2ccc(Br)cc2)cc1. The Kier molecular flexibility index (Phi) is 5.76. The summed E-state index contributed by atoms with van der Waals surface area (Å²) < 4.78 is 6.73. The number of hydrogen-bond acceptors (Lipinski definition) is 3. The van der Waals surface area contributed by atoms with Gasteiger partial charge in [-0.3, -0.25) is 0 Å². The Morgan fingerprint density at radius 2 is 1.68 bits per heavy atom. The standard InChI is InChI=1S/C15H16BrNOS/c16-13-3-5-14(6-4-13)18-9-10-19-15-7-1-12(11-17)2-8-15/h1-8H,9-11,17H2. The molecule has 0 atom stereocenters. The van der Waals surface area contributed by atoms with E-state index in [1.807, 2.05) is 24.3 Å². The first kappa shape index (κ1) is 14.4. The second-order valence-electron chi connectivity index (χ2n) is 4.00. The molecule has 0 radical (unpaired) electrons. The van der Waals surface area contributed by atoms with Gasteiger partial charge in [-0.1, -0.05) is 28.1 Å². The first-order valence-electron chi connectivity index (χ1n) is 6.08. The van der Waals surface area contributed by atoms with Crippen LogP contribution in [-0.2, 0) is 6.54 Å². The van der Waals surface area contributed by atoms with E-state index in [0.717, 1.165) is 21.5 Å². The Hall–Kier alpha value is -0.970. The molecule has 0 aliphatic rings. The number of ether oxygens (including phenoxy) is 1. The van der Waals surface area contributed by atoms with Crippen molar-refractivity contribution in [3.05, 3.63) is 58.6 Å². The maximum atomic E-state index is 5.67. The lowest BCUT2D eigenvalue weighted by Crippen LogP contribution is -2.00. The molecule has 0 spiro atoms. The summed E-state index contributed by atoms with van der Waals surface area (Å²) in [7, 11) is 0. The fraction of sp³-hybridized carbons (Fsp3) is 0.200. The Bertz CT molecular complexity index is 499. The fourth-order valence-electron chi connectivity index (χ4n) is 1.57. The predicted octanol–water partition coefficient (Wildman–Crippen LogP) is 4.08. The zero-order chi connectivity index (χ0) is 13.5. The van der Waals surface area contributed by atoms with Crippen molar-refractivity contribution in [2.24, 2.45) is 5.73 Å². The van der Waals surface area contributed by atoms with Gasteiger partial charge in [0.15, 0.2) is 0 Å². The van der Waals surface area contributed by atoms with Gasteiger partial charge in [-0.15, -0.1) is 11.8 Å². The highest BCUT2D eigenvalue weighted by Crippen LogP contribution is 2.20. The third-order valence-electron chi connectivity index (χ3n) is 2.59. The quantitative estimate of drug-likeness (QED) is 0.637. The van der Waals surface area contributed by atoms with Crippen molar-refractivity contribution < 1.29 is 4.74 Å². The smallest absolute Gasteiger partial charge is 0.119 e. The summed E-state index contributed by atoms with van der Waals surface area (Å²) in [5, 5.41) is 0. The van der Waals surface area contributed by atoms with Crippen LogP contribution >= 0.6 is 27.7 Å². The molecule has 0 heterocycles. The van der Waals surface area contributed by atoms with Gasteiger partial charge in [0.1, 0.15) is 5.75 Å².